The van der Waals surface area contributed by atoms with Crippen LogP contribution in [0.15, 0.2) is 42.0 Å². The molecule has 1 aliphatic rings. The maximum absolute atomic E-state index is 13.1. The number of ether oxygens (including phenoxy) is 4. The second-order valence-electron chi connectivity index (χ2n) is 6.10. The molecule has 156 valence electrons. The Morgan fingerprint density at radius 3 is 2.03 bits per heavy atom. The Labute approximate surface area is 172 Å². The predicted molar refractivity (Wildman–Crippen MR) is 108 cm³/mol. The van der Waals surface area contributed by atoms with Gasteiger partial charge in [0, 0.05) is 18.2 Å². The van der Waals surface area contributed by atoms with Gasteiger partial charge in [-0.1, -0.05) is 6.07 Å². The zero-order valence-electron chi connectivity index (χ0n) is 16.8. The van der Waals surface area contributed by atoms with Crippen molar-refractivity contribution in [3.63, 3.8) is 0 Å². The number of methoxy groups -OCH3 is 4. The molecule has 0 bridgehead atoms. The Bertz CT molecular complexity index is 1020. The van der Waals surface area contributed by atoms with Gasteiger partial charge in [-0.05, 0) is 18.2 Å². The summed E-state index contributed by atoms with van der Waals surface area (Å²) in [6.07, 6.45) is 1.31. The zero-order valence-corrected chi connectivity index (χ0v) is 16.8. The average molecular weight is 412 g/mol. The number of carbonyl (C=O) groups is 3. The molecule has 0 aromatic heterocycles. The van der Waals surface area contributed by atoms with Crippen LogP contribution in [-0.4, -0.2) is 46.3 Å². The normalized spacial score (nSPS) is 15.1. The van der Waals surface area contributed by atoms with E-state index < -0.39 is 17.8 Å². The van der Waals surface area contributed by atoms with Gasteiger partial charge in [-0.15, -0.1) is 0 Å². The van der Waals surface area contributed by atoms with Gasteiger partial charge in [0.15, 0.2) is 0 Å². The van der Waals surface area contributed by atoms with Gasteiger partial charge in [-0.2, -0.15) is 0 Å². The third-order valence-electron chi connectivity index (χ3n) is 4.46. The quantitative estimate of drug-likeness (QED) is 0.574. The molecule has 3 rings (SSSR count). The lowest BCUT2D eigenvalue weighted by Crippen LogP contribution is -2.54. The van der Waals surface area contributed by atoms with Crippen LogP contribution in [-0.2, 0) is 9.59 Å². The van der Waals surface area contributed by atoms with Gasteiger partial charge in [0.05, 0.1) is 39.7 Å². The highest BCUT2D eigenvalue weighted by atomic mass is 16.5. The van der Waals surface area contributed by atoms with Crippen molar-refractivity contribution < 1.29 is 33.3 Å². The second-order valence-corrected chi connectivity index (χ2v) is 6.10. The summed E-state index contributed by atoms with van der Waals surface area (Å²) in [6, 6.07) is 8.69. The first kappa shape index (κ1) is 20.7. The summed E-state index contributed by atoms with van der Waals surface area (Å²) in [6.45, 7) is 0. The number of hydrogen-bond acceptors (Lipinski definition) is 7. The summed E-state index contributed by atoms with van der Waals surface area (Å²) < 4.78 is 21.1. The third kappa shape index (κ3) is 3.77. The molecule has 0 radical (unpaired) electrons. The molecule has 2 aromatic rings. The molecule has 0 unspecified atom stereocenters. The van der Waals surface area contributed by atoms with Crippen molar-refractivity contribution >= 4 is 29.6 Å². The number of nitrogens with one attached hydrogen (secondary N) is 1. The highest BCUT2D eigenvalue weighted by Crippen LogP contribution is 2.36. The summed E-state index contributed by atoms with van der Waals surface area (Å²) in [7, 11) is 5.83. The number of anilines is 1. The van der Waals surface area contributed by atoms with E-state index in [0.29, 0.717) is 28.6 Å². The van der Waals surface area contributed by atoms with E-state index in [1.54, 1.807) is 30.3 Å². The molecular formula is C21H20N2O7. The number of carbonyl (C=O) groups excluding carboxylic acids is 3. The van der Waals surface area contributed by atoms with E-state index >= 15 is 0 Å². The van der Waals surface area contributed by atoms with Gasteiger partial charge in [0.1, 0.15) is 28.6 Å². The molecule has 30 heavy (non-hydrogen) atoms. The molecule has 1 N–H and O–H groups in total. The molecule has 0 spiro atoms. The summed E-state index contributed by atoms with van der Waals surface area (Å²) in [5.74, 6) is -0.0539. The fourth-order valence-electron chi connectivity index (χ4n) is 2.96. The molecule has 1 saturated heterocycles. The molecule has 1 aliphatic heterocycles. The average Bonchev–Trinajstić information content (AvgIpc) is 2.76. The molecule has 0 atom stereocenters. The van der Waals surface area contributed by atoms with E-state index in [-0.39, 0.29) is 11.3 Å². The Morgan fingerprint density at radius 1 is 0.833 bits per heavy atom. The van der Waals surface area contributed by atoms with E-state index in [9.17, 15) is 14.4 Å². The predicted octanol–water partition coefficient (Wildman–Crippen LogP) is 2.39. The van der Waals surface area contributed by atoms with Crippen molar-refractivity contribution in [2.45, 2.75) is 0 Å². The fraction of sp³-hybridized carbons (Fsp3) is 0.190. The van der Waals surface area contributed by atoms with Crippen LogP contribution in [0.2, 0.25) is 0 Å². The first-order valence-corrected chi connectivity index (χ1v) is 8.79. The number of hydrogen-bond donors (Lipinski definition) is 1. The molecule has 9 heteroatoms. The van der Waals surface area contributed by atoms with Gasteiger partial charge < -0.3 is 18.9 Å². The zero-order chi connectivity index (χ0) is 21.8. The molecule has 9 nitrogen and oxygen atoms in total. The van der Waals surface area contributed by atoms with Crippen LogP contribution >= 0.6 is 0 Å². The number of rotatable bonds is 6. The minimum Gasteiger partial charge on any atom is -0.497 e. The molecule has 0 saturated carbocycles. The lowest BCUT2D eigenvalue weighted by Gasteiger charge is -2.26. The number of imide groups is 2. The van der Waals surface area contributed by atoms with E-state index in [0.717, 1.165) is 4.90 Å². The van der Waals surface area contributed by atoms with Crippen molar-refractivity contribution in [1.29, 1.82) is 0 Å². The van der Waals surface area contributed by atoms with Crippen molar-refractivity contribution in [2.24, 2.45) is 0 Å². The number of benzene rings is 2. The van der Waals surface area contributed by atoms with Crippen LogP contribution in [0.25, 0.3) is 6.08 Å². The first-order valence-electron chi connectivity index (χ1n) is 8.79. The van der Waals surface area contributed by atoms with Crippen molar-refractivity contribution in [3.8, 4) is 23.0 Å². The fourth-order valence-corrected chi connectivity index (χ4v) is 2.96. The highest BCUT2D eigenvalue weighted by Gasteiger charge is 2.37. The number of urea groups is 1. The van der Waals surface area contributed by atoms with Crippen molar-refractivity contribution in [3.05, 3.63) is 47.5 Å². The van der Waals surface area contributed by atoms with Crippen LogP contribution in [0.3, 0.4) is 0 Å². The standard InChI is InChI=1S/C21H20N2O7/c1-27-13-7-5-6-12(8-13)23-20(25)16(19(24)22-21(23)26)11-15-17(29-3)9-14(28-2)10-18(15)30-4/h5-11H,1-4H3,(H,22,24,26). The lowest BCUT2D eigenvalue weighted by molar-refractivity contribution is -0.122. The molecule has 1 heterocycles. The van der Waals surface area contributed by atoms with Crippen molar-refractivity contribution in [1.82, 2.24) is 5.32 Å². The van der Waals surface area contributed by atoms with E-state index in [1.165, 1.54) is 40.6 Å². The Balaban J connectivity index is 2.11. The van der Waals surface area contributed by atoms with Crippen LogP contribution < -0.4 is 29.2 Å². The van der Waals surface area contributed by atoms with Crippen molar-refractivity contribution in [2.75, 3.05) is 33.3 Å². The Kier molecular flexibility index (Phi) is 5.91. The Morgan fingerprint density at radius 2 is 1.47 bits per heavy atom. The number of amides is 4. The molecular weight excluding hydrogens is 392 g/mol. The van der Waals surface area contributed by atoms with Crippen LogP contribution in [0.4, 0.5) is 10.5 Å². The first-order chi connectivity index (χ1) is 14.4. The summed E-state index contributed by atoms with van der Waals surface area (Å²) in [4.78, 5) is 38.8. The Hall–Kier alpha value is -4.01. The molecule has 2 aromatic carbocycles. The minimum absolute atomic E-state index is 0.254. The molecule has 1 fully saturated rings. The summed E-state index contributed by atoms with van der Waals surface area (Å²) in [5.41, 5.74) is 0.335. The largest absolute Gasteiger partial charge is 0.497 e. The number of barbiturate groups is 1. The lowest BCUT2D eigenvalue weighted by atomic mass is 10.0. The monoisotopic (exact) mass is 412 g/mol. The maximum atomic E-state index is 13.1. The van der Waals surface area contributed by atoms with Gasteiger partial charge in [-0.3, -0.25) is 14.9 Å². The van der Waals surface area contributed by atoms with Gasteiger partial charge in [-0.25, -0.2) is 9.69 Å². The summed E-state index contributed by atoms with van der Waals surface area (Å²) >= 11 is 0. The summed E-state index contributed by atoms with van der Waals surface area (Å²) in [5, 5.41) is 2.18. The minimum atomic E-state index is -0.857. The van der Waals surface area contributed by atoms with Crippen LogP contribution in [0.5, 0.6) is 23.0 Å². The van der Waals surface area contributed by atoms with Gasteiger partial charge >= 0.3 is 6.03 Å². The SMILES string of the molecule is COc1cccc(N2C(=O)NC(=O)C(=Cc3c(OC)cc(OC)cc3OC)C2=O)c1. The van der Waals surface area contributed by atoms with Gasteiger partial charge in [0.25, 0.3) is 11.8 Å². The third-order valence-corrected chi connectivity index (χ3v) is 4.46. The smallest absolute Gasteiger partial charge is 0.335 e. The highest BCUT2D eigenvalue weighted by molar-refractivity contribution is 6.39. The van der Waals surface area contributed by atoms with E-state index in [4.69, 9.17) is 18.9 Å². The topological polar surface area (TPSA) is 103 Å². The molecule has 4 amide bonds. The van der Waals surface area contributed by atoms with Crippen LogP contribution in [0, 0.1) is 0 Å². The van der Waals surface area contributed by atoms with E-state index in [2.05, 4.69) is 5.32 Å². The van der Waals surface area contributed by atoms with Crippen LogP contribution in [0.1, 0.15) is 5.56 Å². The maximum Gasteiger partial charge on any atom is 0.335 e. The second kappa shape index (κ2) is 8.56. The van der Waals surface area contributed by atoms with Gasteiger partial charge in [0.2, 0.25) is 0 Å². The van der Waals surface area contributed by atoms with E-state index in [1.807, 2.05) is 0 Å². The number of nitrogens with zero attached hydrogens (tertiary/aromatic N) is 1. The molecule has 0 aliphatic carbocycles.